The van der Waals surface area contributed by atoms with Gasteiger partial charge >= 0.3 is 0 Å². The zero-order chi connectivity index (χ0) is 19.0. The fraction of sp³-hybridized carbons (Fsp3) is 0.286. The lowest BCUT2D eigenvalue weighted by Crippen LogP contribution is -2.35. The number of fused-ring (bicyclic) bond motifs is 2. The molecular weight excluding hydrogens is 344 g/mol. The van der Waals surface area contributed by atoms with Crippen LogP contribution in [0.2, 0.25) is 0 Å². The quantitative estimate of drug-likeness (QED) is 0.769. The van der Waals surface area contributed by atoms with E-state index in [1.54, 1.807) is 27.5 Å². The summed E-state index contributed by atoms with van der Waals surface area (Å²) in [5, 5.41) is 0.873. The molecule has 1 aliphatic rings. The maximum absolute atomic E-state index is 13.2. The van der Waals surface area contributed by atoms with Crippen molar-refractivity contribution in [3.63, 3.8) is 0 Å². The maximum atomic E-state index is 13.2. The lowest BCUT2D eigenvalue weighted by atomic mass is 9.98. The third-order valence-electron chi connectivity index (χ3n) is 5.12. The Morgan fingerprint density at radius 2 is 1.74 bits per heavy atom. The Kier molecular flexibility index (Phi) is 4.39. The molecule has 0 unspecified atom stereocenters. The highest BCUT2D eigenvalue weighted by molar-refractivity contribution is 6.07. The number of carbonyl (C=O) groups excluding carboxylic acids is 1. The predicted octanol–water partition coefficient (Wildman–Crippen LogP) is 3.39. The smallest absolute Gasteiger partial charge is 0.256 e. The number of amides is 1. The monoisotopic (exact) mass is 366 g/mol. The lowest BCUT2D eigenvalue weighted by molar-refractivity contribution is 0.0736. The van der Waals surface area contributed by atoms with E-state index >= 15 is 0 Å². The number of nitrogens with zero attached hydrogens (tertiary/aromatic N) is 1. The van der Waals surface area contributed by atoms with E-state index < -0.39 is 0 Å². The van der Waals surface area contributed by atoms with Crippen molar-refractivity contribution in [3.8, 4) is 17.2 Å². The summed E-state index contributed by atoms with van der Waals surface area (Å²) in [6.07, 6.45) is 2.56. The van der Waals surface area contributed by atoms with Crippen LogP contribution in [0.25, 0.3) is 10.9 Å². The molecule has 0 fully saturated rings. The minimum atomic E-state index is 0.00920. The largest absolute Gasteiger partial charge is 0.497 e. The van der Waals surface area contributed by atoms with Gasteiger partial charge in [0, 0.05) is 30.2 Å². The number of ether oxygens (including phenoxy) is 3. The zero-order valence-corrected chi connectivity index (χ0v) is 15.7. The van der Waals surface area contributed by atoms with Crippen molar-refractivity contribution in [2.45, 2.75) is 13.0 Å². The van der Waals surface area contributed by atoms with E-state index in [9.17, 15) is 4.79 Å². The lowest BCUT2D eigenvalue weighted by Gasteiger charge is -2.29. The Morgan fingerprint density at radius 1 is 1.00 bits per heavy atom. The Morgan fingerprint density at radius 3 is 2.44 bits per heavy atom. The zero-order valence-electron chi connectivity index (χ0n) is 15.7. The van der Waals surface area contributed by atoms with E-state index in [-0.39, 0.29) is 5.91 Å². The van der Waals surface area contributed by atoms with Gasteiger partial charge < -0.3 is 24.1 Å². The number of aromatic amines is 1. The fourth-order valence-corrected chi connectivity index (χ4v) is 3.63. The van der Waals surface area contributed by atoms with Crippen molar-refractivity contribution in [3.05, 3.63) is 53.2 Å². The van der Waals surface area contributed by atoms with Crippen LogP contribution in [0.5, 0.6) is 17.2 Å². The van der Waals surface area contributed by atoms with E-state index in [4.69, 9.17) is 14.2 Å². The highest BCUT2D eigenvalue weighted by atomic mass is 16.5. The van der Waals surface area contributed by atoms with E-state index in [1.165, 1.54) is 5.56 Å². The SMILES string of the molecule is COc1ccc2[nH]cc(C(=O)N3CCc4cc(OC)c(OC)cc4C3)c2c1. The molecule has 1 N–H and O–H groups in total. The first-order valence-electron chi connectivity index (χ1n) is 8.82. The number of aromatic nitrogens is 1. The molecule has 4 rings (SSSR count). The Labute approximate surface area is 157 Å². The van der Waals surface area contributed by atoms with Gasteiger partial charge in [-0.25, -0.2) is 0 Å². The topological polar surface area (TPSA) is 63.8 Å². The van der Waals surface area contributed by atoms with Crippen LogP contribution in [0, 0.1) is 0 Å². The van der Waals surface area contributed by atoms with Crippen molar-refractivity contribution in [2.24, 2.45) is 0 Å². The van der Waals surface area contributed by atoms with Gasteiger partial charge in [-0.3, -0.25) is 4.79 Å². The Hall–Kier alpha value is -3.15. The van der Waals surface area contributed by atoms with Gasteiger partial charge in [0.1, 0.15) is 5.75 Å². The molecule has 0 spiro atoms. The molecule has 140 valence electrons. The fourth-order valence-electron chi connectivity index (χ4n) is 3.63. The summed E-state index contributed by atoms with van der Waals surface area (Å²) in [7, 11) is 4.88. The van der Waals surface area contributed by atoms with Crippen LogP contribution in [-0.4, -0.2) is 43.7 Å². The molecule has 6 nitrogen and oxygen atoms in total. The van der Waals surface area contributed by atoms with Gasteiger partial charge in [0.2, 0.25) is 0 Å². The minimum absolute atomic E-state index is 0.00920. The van der Waals surface area contributed by atoms with Gasteiger partial charge in [-0.15, -0.1) is 0 Å². The predicted molar refractivity (Wildman–Crippen MR) is 103 cm³/mol. The molecule has 0 bridgehead atoms. The molecular formula is C21H22N2O4. The first kappa shape index (κ1) is 17.3. The second-order valence-electron chi connectivity index (χ2n) is 6.57. The van der Waals surface area contributed by atoms with Crippen LogP contribution in [0.4, 0.5) is 0 Å². The highest BCUT2D eigenvalue weighted by Gasteiger charge is 2.25. The van der Waals surface area contributed by atoms with Gasteiger partial charge in [-0.1, -0.05) is 0 Å². The number of hydrogen-bond acceptors (Lipinski definition) is 4. The number of benzene rings is 2. The summed E-state index contributed by atoms with van der Waals surface area (Å²) in [5.74, 6) is 2.15. The van der Waals surface area contributed by atoms with Gasteiger partial charge in [-0.05, 0) is 47.9 Å². The molecule has 3 aromatic rings. The molecule has 0 saturated carbocycles. The summed E-state index contributed by atoms with van der Waals surface area (Å²) in [5.41, 5.74) is 3.86. The first-order chi connectivity index (χ1) is 13.1. The molecule has 2 aromatic carbocycles. The first-order valence-corrected chi connectivity index (χ1v) is 8.82. The van der Waals surface area contributed by atoms with Crippen LogP contribution < -0.4 is 14.2 Å². The molecule has 27 heavy (non-hydrogen) atoms. The standard InChI is InChI=1S/C21H22N2O4/c1-25-15-4-5-18-16(10-15)17(11-22-18)21(24)23-7-6-13-8-19(26-2)20(27-3)9-14(13)12-23/h4-5,8-11,22H,6-7,12H2,1-3H3. The van der Waals surface area contributed by atoms with Crippen molar-refractivity contribution < 1.29 is 19.0 Å². The minimum Gasteiger partial charge on any atom is -0.497 e. The molecule has 1 aromatic heterocycles. The van der Waals surface area contributed by atoms with Crippen LogP contribution >= 0.6 is 0 Å². The molecule has 1 amide bonds. The van der Waals surface area contributed by atoms with Crippen molar-refractivity contribution in [1.29, 1.82) is 0 Å². The maximum Gasteiger partial charge on any atom is 0.256 e. The number of carbonyl (C=O) groups is 1. The van der Waals surface area contributed by atoms with Crippen LogP contribution in [0.3, 0.4) is 0 Å². The molecule has 2 heterocycles. The third-order valence-corrected chi connectivity index (χ3v) is 5.12. The summed E-state index contributed by atoms with van der Waals surface area (Å²) in [4.78, 5) is 18.2. The Bertz CT molecular complexity index is 1010. The molecule has 0 aliphatic carbocycles. The number of hydrogen-bond donors (Lipinski definition) is 1. The van der Waals surface area contributed by atoms with Crippen LogP contribution in [0.15, 0.2) is 36.5 Å². The summed E-state index contributed by atoms with van der Waals surface area (Å²) in [6.45, 7) is 1.21. The number of rotatable bonds is 4. The van der Waals surface area contributed by atoms with Gasteiger partial charge in [-0.2, -0.15) is 0 Å². The molecule has 1 aliphatic heterocycles. The number of H-pyrrole nitrogens is 1. The van der Waals surface area contributed by atoms with E-state index in [2.05, 4.69) is 4.98 Å². The van der Waals surface area contributed by atoms with Gasteiger partial charge in [0.05, 0.1) is 26.9 Å². The Balaban J connectivity index is 1.65. The average Bonchev–Trinajstić information content (AvgIpc) is 3.14. The third kappa shape index (κ3) is 2.97. The van der Waals surface area contributed by atoms with Crippen molar-refractivity contribution in [2.75, 3.05) is 27.9 Å². The second-order valence-corrected chi connectivity index (χ2v) is 6.57. The molecule has 6 heteroatoms. The summed E-state index contributed by atoms with van der Waals surface area (Å²) in [6, 6.07) is 9.67. The van der Waals surface area contributed by atoms with Gasteiger partial charge in [0.15, 0.2) is 11.5 Å². The summed E-state index contributed by atoms with van der Waals surface area (Å²) < 4.78 is 16.1. The molecule has 0 atom stereocenters. The molecule has 0 saturated heterocycles. The van der Waals surface area contributed by atoms with E-state index in [0.29, 0.717) is 24.4 Å². The average molecular weight is 366 g/mol. The number of nitrogens with one attached hydrogen (secondary N) is 1. The van der Waals surface area contributed by atoms with Crippen LogP contribution in [0.1, 0.15) is 21.5 Å². The van der Waals surface area contributed by atoms with E-state index in [0.717, 1.165) is 34.4 Å². The van der Waals surface area contributed by atoms with Gasteiger partial charge in [0.25, 0.3) is 5.91 Å². The van der Waals surface area contributed by atoms with Crippen molar-refractivity contribution in [1.82, 2.24) is 9.88 Å². The number of methoxy groups -OCH3 is 3. The second kappa shape index (κ2) is 6.87. The van der Waals surface area contributed by atoms with E-state index in [1.807, 2.05) is 35.2 Å². The molecule has 0 radical (unpaired) electrons. The van der Waals surface area contributed by atoms with Crippen LogP contribution in [-0.2, 0) is 13.0 Å². The highest BCUT2D eigenvalue weighted by Crippen LogP contribution is 2.34. The summed E-state index contributed by atoms with van der Waals surface area (Å²) >= 11 is 0. The normalized spacial score (nSPS) is 13.4. The van der Waals surface area contributed by atoms with Crippen molar-refractivity contribution >= 4 is 16.8 Å².